The molecule has 138 valence electrons. The first-order valence-corrected chi connectivity index (χ1v) is 9.74. The number of methoxy groups -OCH3 is 1. The number of carbonyl (C=O) groups is 1. The molecule has 2 saturated carbocycles. The first kappa shape index (κ1) is 16.5. The first-order chi connectivity index (χ1) is 12.5. The molecule has 1 aliphatic heterocycles. The van der Waals surface area contributed by atoms with E-state index in [9.17, 15) is 9.90 Å². The number of ketones is 1. The van der Waals surface area contributed by atoms with Crippen LogP contribution in [0.3, 0.4) is 0 Å². The van der Waals surface area contributed by atoms with Crippen molar-refractivity contribution in [2.24, 2.45) is 11.8 Å². The summed E-state index contributed by atoms with van der Waals surface area (Å²) in [5.74, 6) is 1.26. The highest BCUT2D eigenvalue weighted by atomic mass is 16.5. The molecule has 1 heterocycles. The van der Waals surface area contributed by atoms with E-state index < -0.39 is 11.2 Å². The van der Waals surface area contributed by atoms with Crippen LogP contribution in [0.2, 0.25) is 0 Å². The Morgan fingerprint density at radius 1 is 1.42 bits per heavy atom. The Morgan fingerprint density at radius 3 is 3.04 bits per heavy atom. The lowest BCUT2D eigenvalue weighted by Gasteiger charge is -2.51. The lowest BCUT2D eigenvalue weighted by atomic mass is 9.55. The number of Topliss-reactive ketones (excluding diaryl/α,β-unsaturated/α-hetero) is 1. The fourth-order valence-electron chi connectivity index (χ4n) is 6.41. The highest BCUT2D eigenvalue weighted by Gasteiger charge is 2.70. The Kier molecular flexibility index (Phi) is 3.45. The molecule has 1 aromatic rings. The lowest BCUT2D eigenvalue weighted by Crippen LogP contribution is -2.62. The van der Waals surface area contributed by atoms with Crippen LogP contribution in [0.25, 0.3) is 0 Å². The van der Waals surface area contributed by atoms with Crippen molar-refractivity contribution in [2.45, 2.75) is 62.3 Å². The van der Waals surface area contributed by atoms with E-state index in [2.05, 4.69) is 18.7 Å². The van der Waals surface area contributed by atoms with Crippen molar-refractivity contribution in [2.75, 3.05) is 7.11 Å². The number of aliphatic hydroxyl groups is 1. The number of ether oxygens (including phenoxy) is 2. The molecule has 0 amide bonds. The Labute approximate surface area is 154 Å². The SMILES string of the molecule is C=CCC1CCC23Oc4c(COC)ccc5c4C2[C@@](O)(CCC3=O)[C@H]1C5. The van der Waals surface area contributed by atoms with E-state index in [4.69, 9.17) is 9.47 Å². The molecule has 2 fully saturated rings. The molecule has 5 atom stereocenters. The van der Waals surface area contributed by atoms with Crippen molar-refractivity contribution in [3.05, 3.63) is 41.5 Å². The summed E-state index contributed by atoms with van der Waals surface area (Å²) in [5, 5.41) is 11.9. The molecule has 26 heavy (non-hydrogen) atoms. The third-order valence-electron chi connectivity index (χ3n) is 7.44. The van der Waals surface area contributed by atoms with E-state index in [0.717, 1.165) is 36.1 Å². The second-order valence-electron chi connectivity index (χ2n) is 8.53. The van der Waals surface area contributed by atoms with Crippen LogP contribution in [0, 0.1) is 11.8 Å². The zero-order valence-electron chi connectivity index (χ0n) is 15.3. The van der Waals surface area contributed by atoms with Crippen molar-refractivity contribution in [3.63, 3.8) is 0 Å². The molecule has 0 aromatic heterocycles. The number of carbonyl (C=O) groups excluding carboxylic acids is 1. The summed E-state index contributed by atoms with van der Waals surface area (Å²) < 4.78 is 11.9. The van der Waals surface area contributed by atoms with Crippen molar-refractivity contribution in [1.82, 2.24) is 0 Å². The summed E-state index contributed by atoms with van der Waals surface area (Å²) in [7, 11) is 1.67. The highest BCUT2D eigenvalue weighted by molar-refractivity contribution is 5.92. The lowest BCUT2D eigenvalue weighted by molar-refractivity contribution is -0.160. The van der Waals surface area contributed by atoms with Gasteiger partial charge in [-0.3, -0.25) is 4.79 Å². The van der Waals surface area contributed by atoms with Crippen LogP contribution in [0.15, 0.2) is 24.8 Å². The van der Waals surface area contributed by atoms with Crippen molar-refractivity contribution >= 4 is 5.78 Å². The molecule has 4 aliphatic rings. The van der Waals surface area contributed by atoms with Gasteiger partial charge >= 0.3 is 0 Å². The minimum atomic E-state index is -0.886. The Bertz CT molecular complexity index is 800. The maximum Gasteiger partial charge on any atom is 0.177 e. The van der Waals surface area contributed by atoms with Crippen LogP contribution in [0.5, 0.6) is 5.75 Å². The van der Waals surface area contributed by atoms with Crippen LogP contribution in [0.1, 0.15) is 54.7 Å². The molecule has 0 spiro atoms. The van der Waals surface area contributed by atoms with Crippen LogP contribution in [0.4, 0.5) is 0 Å². The monoisotopic (exact) mass is 354 g/mol. The Morgan fingerprint density at radius 2 is 2.27 bits per heavy atom. The van der Waals surface area contributed by atoms with Gasteiger partial charge in [0.2, 0.25) is 0 Å². The van der Waals surface area contributed by atoms with E-state index in [1.54, 1.807) is 7.11 Å². The second kappa shape index (κ2) is 5.43. The predicted molar refractivity (Wildman–Crippen MR) is 97.2 cm³/mol. The molecule has 4 heteroatoms. The third-order valence-corrected chi connectivity index (χ3v) is 7.44. The molecule has 3 aliphatic carbocycles. The van der Waals surface area contributed by atoms with Crippen LogP contribution >= 0.6 is 0 Å². The fraction of sp³-hybridized carbons (Fsp3) is 0.591. The van der Waals surface area contributed by atoms with Crippen molar-refractivity contribution in [1.29, 1.82) is 0 Å². The minimum Gasteiger partial charge on any atom is -0.478 e. The van der Waals surface area contributed by atoms with Crippen molar-refractivity contribution < 1.29 is 19.4 Å². The van der Waals surface area contributed by atoms with Gasteiger partial charge in [0.1, 0.15) is 5.75 Å². The zero-order valence-corrected chi connectivity index (χ0v) is 15.3. The van der Waals surface area contributed by atoms with E-state index in [1.807, 2.05) is 6.08 Å². The van der Waals surface area contributed by atoms with Gasteiger partial charge in [-0.15, -0.1) is 6.58 Å². The molecule has 1 aromatic carbocycles. The molecule has 5 rings (SSSR count). The summed E-state index contributed by atoms with van der Waals surface area (Å²) >= 11 is 0. The quantitative estimate of drug-likeness (QED) is 0.843. The topological polar surface area (TPSA) is 55.8 Å². The van der Waals surface area contributed by atoms with Gasteiger partial charge in [-0.05, 0) is 49.5 Å². The zero-order chi connectivity index (χ0) is 18.1. The molecule has 4 bridgehead atoms. The average molecular weight is 354 g/mol. The molecule has 0 radical (unpaired) electrons. The predicted octanol–water partition coefficient (Wildman–Crippen LogP) is 3.30. The summed E-state index contributed by atoms with van der Waals surface area (Å²) in [5.41, 5.74) is 1.57. The van der Waals surface area contributed by atoms with E-state index in [0.29, 0.717) is 31.8 Å². The fourth-order valence-corrected chi connectivity index (χ4v) is 6.41. The van der Waals surface area contributed by atoms with Crippen LogP contribution in [-0.2, 0) is 22.6 Å². The molecular formula is C22H26O4. The smallest absolute Gasteiger partial charge is 0.177 e. The molecule has 0 saturated heterocycles. The van der Waals surface area contributed by atoms with Gasteiger partial charge in [0, 0.05) is 24.7 Å². The number of allylic oxidation sites excluding steroid dienone is 1. The maximum atomic E-state index is 13.1. The largest absolute Gasteiger partial charge is 0.478 e. The Balaban J connectivity index is 1.76. The normalized spacial score (nSPS) is 39.3. The second-order valence-corrected chi connectivity index (χ2v) is 8.53. The average Bonchev–Trinajstić information content (AvgIpc) is 2.99. The van der Waals surface area contributed by atoms with Gasteiger partial charge in [-0.1, -0.05) is 18.2 Å². The van der Waals surface area contributed by atoms with Gasteiger partial charge < -0.3 is 14.6 Å². The van der Waals surface area contributed by atoms with Gasteiger partial charge in [0.15, 0.2) is 11.4 Å². The Hall–Kier alpha value is -1.65. The highest BCUT2D eigenvalue weighted by Crippen LogP contribution is 2.66. The van der Waals surface area contributed by atoms with Gasteiger partial charge in [0.25, 0.3) is 0 Å². The minimum absolute atomic E-state index is 0.163. The molecular weight excluding hydrogens is 328 g/mol. The van der Waals surface area contributed by atoms with Gasteiger partial charge in [0.05, 0.1) is 18.1 Å². The third kappa shape index (κ3) is 1.84. The number of benzene rings is 1. The molecule has 3 unspecified atom stereocenters. The maximum absolute atomic E-state index is 13.1. The molecule has 1 N–H and O–H groups in total. The van der Waals surface area contributed by atoms with E-state index >= 15 is 0 Å². The van der Waals surface area contributed by atoms with Gasteiger partial charge in [-0.2, -0.15) is 0 Å². The summed E-state index contributed by atoms with van der Waals surface area (Å²) in [6.45, 7) is 4.39. The summed E-state index contributed by atoms with van der Waals surface area (Å²) in [6.07, 6.45) is 6.25. The first-order valence-electron chi connectivity index (χ1n) is 9.74. The molecule has 4 nitrogen and oxygen atoms in total. The summed E-state index contributed by atoms with van der Waals surface area (Å²) in [6, 6.07) is 4.23. The number of hydrogen-bond donors (Lipinski definition) is 1. The van der Waals surface area contributed by atoms with Crippen LogP contribution < -0.4 is 4.74 Å². The summed E-state index contributed by atoms with van der Waals surface area (Å²) in [4.78, 5) is 13.1. The van der Waals surface area contributed by atoms with E-state index in [-0.39, 0.29) is 17.6 Å². The standard InChI is InChI=1S/C22H26O4/c1-3-4-13-7-10-22-17(23)8-9-21(24)16(13)11-14-5-6-15(12-25-2)19(26-22)18(14)20(21)22/h3,5-6,13,16,20,24H,1,4,7-12H2,2H3/t13?,16-,20?,21+,22?/m0/s1. The number of rotatable bonds is 4. The van der Waals surface area contributed by atoms with Crippen molar-refractivity contribution in [3.8, 4) is 5.75 Å². The van der Waals surface area contributed by atoms with E-state index in [1.165, 1.54) is 5.56 Å². The van der Waals surface area contributed by atoms with Gasteiger partial charge in [-0.25, -0.2) is 0 Å². The number of hydrogen-bond acceptors (Lipinski definition) is 4. The van der Waals surface area contributed by atoms with Crippen LogP contribution in [-0.4, -0.2) is 29.2 Å².